The minimum atomic E-state index is -4.65. The van der Waals surface area contributed by atoms with E-state index in [1.54, 1.807) is 12.1 Å². The Bertz CT molecular complexity index is 311. The topological polar surface area (TPSA) is 29.5 Å². The first kappa shape index (κ1) is 13.2. The van der Waals surface area contributed by atoms with Crippen molar-refractivity contribution < 1.29 is 23.0 Å². The summed E-state index contributed by atoms with van der Waals surface area (Å²) in [4.78, 5) is 0. The molecule has 90 valence electrons. The van der Waals surface area contributed by atoms with E-state index in [9.17, 15) is 13.2 Å². The third kappa shape index (κ3) is 5.27. The quantitative estimate of drug-likeness (QED) is 0.817. The number of hydrogen-bond acceptors (Lipinski definition) is 3. The highest BCUT2D eigenvalue weighted by Gasteiger charge is 2.30. The molecular weight excluding hydrogens is 241 g/mol. The molecule has 1 aromatic rings. The summed E-state index contributed by atoms with van der Waals surface area (Å²) in [7, 11) is 0. The van der Waals surface area contributed by atoms with Gasteiger partial charge < -0.3 is 9.84 Å². The van der Waals surface area contributed by atoms with Crippen LogP contribution >= 0.6 is 11.8 Å². The van der Waals surface area contributed by atoms with Crippen LogP contribution in [0.4, 0.5) is 13.2 Å². The zero-order chi connectivity index (χ0) is 12.0. The maximum absolute atomic E-state index is 11.8. The first-order valence-corrected chi connectivity index (χ1v) is 5.70. The molecule has 0 heterocycles. The smallest absolute Gasteiger partial charge is 0.406 e. The summed E-state index contributed by atoms with van der Waals surface area (Å²) in [5.74, 6) is 1.05. The molecule has 0 saturated heterocycles. The van der Waals surface area contributed by atoms with Crippen LogP contribution in [0.1, 0.15) is 5.56 Å². The van der Waals surface area contributed by atoms with Crippen molar-refractivity contribution in [1.29, 1.82) is 0 Å². The van der Waals surface area contributed by atoms with Gasteiger partial charge >= 0.3 is 6.36 Å². The highest BCUT2D eigenvalue weighted by molar-refractivity contribution is 7.98. The Balaban J connectivity index is 2.48. The zero-order valence-electron chi connectivity index (χ0n) is 8.33. The second kappa shape index (κ2) is 6.00. The maximum atomic E-state index is 11.8. The lowest BCUT2D eigenvalue weighted by Crippen LogP contribution is -2.16. The lowest BCUT2D eigenvalue weighted by Gasteiger charge is -2.09. The summed E-state index contributed by atoms with van der Waals surface area (Å²) in [5.41, 5.74) is 0.896. The van der Waals surface area contributed by atoms with Gasteiger partial charge in [0, 0.05) is 11.5 Å². The van der Waals surface area contributed by atoms with E-state index in [-0.39, 0.29) is 12.4 Å². The van der Waals surface area contributed by atoms with Gasteiger partial charge in [-0.2, -0.15) is 11.8 Å². The number of benzene rings is 1. The molecule has 0 bridgehead atoms. The van der Waals surface area contributed by atoms with Crippen molar-refractivity contribution in [3.05, 3.63) is 29.8 Å². The fourth-order valence-corrected chi connectivity index (χ4v) is 1.74. The average molecular weight is 252 g/mol. The van der Waals surface area contributed by atoms with Crippen molar-refractivity contribution in [2.45, 2.75) is 12.1 Å². The van der Waals surface area contributed by atoms with Crippen LogP contribution in [0.15, 0.2) is 24.3 Å². The second-order valence-corrected chi connectivity index (χ2v) is 4.07. The van der Waals surface area contributed by atoms with Crippen molar-refractivity contribution in [1.82, 2.24) is 0 Å². The normalized spacial score (nSPS) is 11.5. The first-order chi connectivity index (χ1) is 7.51. The van der Waals surface area contributed by atoms with E-state index in [1.807, 2.05) is 0 Å². The number of aliphatic hydroxyl groups is 1. The lowest BCUT2D eigenvalue weighted by atomic mass is 10.2. The van der Waals surface area contributed by atoms with Gasteiger partial charge in [-0.25, -0.2) is 0 Å². The van der Waals surface area contributed by atoms with Gasteiger partial charge in [-0.1, -0.05) is 12.1 Å². The second-order valence-electron chi connectivity index (χ2n) is 2.97. The molecule has 1 rings (SSSR count). The molecule has 16 heavy (non-hydrogen) atoms. The summed E-state index contributed by atoms with van der Waals surface area (Å²) in [6.07, 6.45) is -4.65. The molecule has 0 atom stereocenters. The molecule has 0 fully saturated rings. The molecule has 0 aliphatic carbocycles. The Labute approximate surface area is 95.4 Å². The number of halogens is 3. The maximum Gasteiger partial charge on any atom is 0.573 e. The molecule has 0 saturated carbocycles. The fourth-order valence-electron chi connectivity index (χ4n) is 1.04. The highest BCUT2D eigenvalue weighted by atomic mass is 32.2. The van der Waals surface area contributed by atoms with Gasteiger partial charge in [-0.15, -0.1) is 13.2 Å². The Hall–Kier alpha value is -0.880. The molecule has 0 radical (unpaired) electrons. The van der Waals surface area contributed by atoms with Crippen LogP contribution in [-0.4, -0.2) is 23.8 Å². The van der Waals surface area contributed by atoms with E-state index >= 15 is 0 Å². The number of ether oxygens (including phenoxy) is 1. The van der Waals surface area contributed by atoms with Gasteiger partial charge in [0.2, 0.25) is 0 Å². The van der Waals surface area contributed by atoms with Gasteiger partial charge in [0.1, 0.15) is 5.75 Å². The van der Waals surface area contributed by atoms with Crippen molar-refractivity contribution in [2.75, 3.05) is 12.4 Å². The molecule has 1 N–H and O–H groups in total. The Morgan fingerprint density at radius 1 is 1.19 bits per heavy atom. The summed E-state index contributed by atoms with van der Waals surface area (Å²) in [6.45, 7) is 0.0972. The predicted molar refractivity (Wildman–Crippen MR) is 56.4 cm³/mol. The van der Waals surface area contributed by atoms with Gasteiger partial charge in [-0.05, 0) is 17.7 Å². The van der Waals surface area contributed by atoms with E-state index in [1.165, 1.54) is 23.9 Å². The zero-order valence-corrected chi connectivity index (χ0v) is 9.14. The Morgan fingerprint density at radius 2 is 1.81 bits per heavy atom. The molecule has 0 aliphatic rings. The predicted octanol–water partition coefficient (Wildman–Crippen LogP) is 2.81. The number of thioether (sulfide) groups is 1. The lowest BCUT2D eigenvalue weighted by molar-refractivity contribution is -0.274. The minimum absolute atomic E-state index is 0.0972. The summed E-state index contributed by atoms with van der Waals surface area (Å²) in [5, 5.41) is 8.55. The number of aliphatic hydroxyl groups excluding tert-OH is 1. The highest BCUT2D eigenvalue weighted by Crippen LogP contribution is 2.23. The van der Waals surface area contributed by atoms with Gasteiger partial charge in [0.25, 0.3) is 0 Å². The molecular formula is C10H11F3O2S. The molecule has 2 nitrogen and oxygen atoms in total. The van der Waals surface area contributed by atoms with Gasteiger partial charge in [0.05, 0.1) is 6.61 Å². The van der Waals surface area contributed by atoms with Crippen LogP contribution in [0.25, 0.3) is 0 Å². The van der Waals surface area contributed by atoms with E-state index in [0.29, 0.717) is 11.5 Å². The standard InChI is InChI=1S/C10H11F3O2S/c11-10(12,13)15-9-3-1-8(2-4-9)7-16-6-5-14/h1-4,14H,5-7H2. The van der Waals surface area contributed by atoms with Crippen molar-refractivity contribution in [3.8, 4) is 5.75 Å². The van der Waals surface area contributed by atoms with Crippen LogP contribution in [0.3, 0.4) is 0 Å². The molecule has 0 amide bonds. The largest absolute Gasteiger partial charge is 0.573 e. The van der Waals surface area contributed by atoms with Gasteiger partial charge in [0.15, 0.2) is 0 Å². The van der Waals surface area contributed by atoms with E-state index in [0.717, 1.165) is 5.56 Å². The monoisotopic (exact) mass is 252 g/mol. The first-order valence-electron chi connectivity index (χ1n) is 4.54. The third-order valence-electron chi connectivity index (χ3n) is 1.66. The summed E-state index contributed by atoms with van der Waals surface area (Å²) in [6, 6.07) is 5.71. The van der Waals surface area contributed by atoms with Crippen molar-refractivity contribution in [2.24, 2.45) is 0 Å². The number of rotatable bonds is 5. The van der Waals surface area contributed by atoms with E-state index in [4.69, 9.17) is 5.11 Å². The van der Waals surface area contributed by atoms with E-state index in [2.05, 4.69) is 4.74 Å². The molecule has 0 spiro atoms. The van der Waals surface area contributed by atoms with Crippen LogP contribution < -0.4 is 4.74 Å². The summed E-state index contributed by atoms with van der Waals surface area (Å²) >= 11 is 1.51. The van der Waals surface area contributed by atoms with Crippen molar-refractivity contribution >= 4 is 11.8 Å². The molecule has 6 heteroatoms. The Morgan fingerprint density at radius 3 is 2.31 bits per heavy atom. The fraction of sp³-hybridized carbons (Fsp3) is 0.400. The minimum Gasteiger partial charge on any atom is -0.406 e. The Kier molecular flexibility index (Phi) is 4.95. The van der Waals surface area contributed by atoms with Crippen molar-refractivity contribution in [3.63, 3.8) is 0 Å². The summed E-state index contributed by atoms with van der Waals surface area (Å²) < 4.78 is 39.2. The third-order valence-corrected chi connectivity index (χ3v) is 2.67. The molecule has 1 aromatic carbocycles. The van der Waals surface area contributed by atoms with Gasteiger partial charge in [-0.3, -0.25) is 0 Å². The SMILES string of the molecule is OCCSCc1ccc(OC(F)(F)F)cc1. The van der Waals surface area contributed by atoms with Crippen LogP contribution in [0, 0.1) is 0 Å². The number of alkyl halides is 3. The molecule has 0 aliphatic heterocycles. The molecule has 0 aromatic heterocycles. The van der Waals surface area contributed by atoms with Crippen LogP contribution in [0.2, 0.25) is 0 Å². The van der Waals surface area contributed by atoms with Crippen LogP contribution in [-0.2, 0) is 5.75 Å². The molecule has 0 unspecified atom stereocenters. The van der Waals surface area contributed by atoms with Crippen LogP contribution in [0.5, 0.6) is 5.75 Å². The van der Waals surface area contributed by atoms with E-state index < -0.39 is 6.36 Å². The number of hydrogen-bond donors (Lipinski definition) is 1. The average Bonchev–Trinajstić information content (AvgIpc) is 2.19.